The second-order valence-corrected chi connectivity index (χ2v) is 4.29. The molecule has 0 spiro atoms. The fourth-order valence-electron chi connectivity index (χ4n) is 1.99. The van der Waals surface area contributed by atoms with E-state index in [0.717, 1.165) is 0 Å². The normalized spacial score (nSPS) is 15.3. The van der Waals surface area contributed by atoms with Crippen LogP contribution in [0.5, 0.6) is 0 Å². The van der Waals surface area contributed by atoms with Gasteiger partial charge in [-0.15, -0.1) is 0 Å². The summed E-state index contributed by atoms with van der Waals surface area (Å²) in [7, 11) is 0. The van der Waals surface area contributed by atoms with E-state index < -0.39 is 0 Å². The standard InChI is InChI=1S/C13H22N2/c1-10(11(2)13(8-14)9-15)12-6-4-3-5-7-12/h3-7,10-11,13H,8-9,14-15H2,1-2H3. The van der Waals surface area contributed by atoms with Gasteiger partial charge >= 0.3 is 0 Å². The maximum Gasteiger partial charge on any atom is -0.00340 e. The summed E-state index contributed by atoms with van der Waals surface area (Å²) in [5.74, 6) is 1.46. The molecule has 0 amide bonds. The van der Waals surface area contributed by atoms with E-state index in [1.54, 1.807) is 0 Å². The highest BCUT2D eigenvalue weighted by molar-refractivity contribution is 5.19. The highest BCUT2D eigenvalue weighted by Crippen LogP contribution is 2.28. The lowest BCUT2D eigenvalue weighted by atomic mass is 9.80. The highest BCUT2D eigenvalue weighted by Gasteiger charge is 2.21. The van der Waals surface area contributed by atoms with Crippen molar-refractivity contribution in [2.24, 2.45) is 23.3 Å². The minimum Gasteiger partial charge on any atom is -0.330 e. The molecule has 0 bridgehead atoms. The molecule has 1 rings (SSSR count). The van der Waals surface area contributed by atoms with E-state index in [1.807, 2.05) is 6.07 Å². The Morgan fingerprint density at radius 2 is 1.53 bits per heavy atom. The summed E-state index contributed by atoms with van der Waals surface area (Å²) in [6.45, 7) is 5.84. The number of rotatable bonds is 5. The summed E-state index contributed by atoms with van der Waals surface area (Å²) in [6, 6.07) is 10.6. The third-order valence-corrected chi connectivity index (χ3v) is 3.46. The molecule has 84 valence electrons. The van der Waals surface area contributed by atoms with E-state index in [1.165, 1.54) is 5.56 Å². The van der Waals surface area contributed by atoms with E-state index in [4.69, 9.17) is 11.5 Å². The van der Waals surface area contributed by atoms with E-state index in [2.05, 4.69) is 38.1 Å². The van der Waals surface area contributed by atoms with Crippen LogP contribution in [0.15, 0.2) is 30.3 Å². The number of benzene rings is 1. The van der Waals surface area contributed by atoms with Gasteiger partial charge in [0.1, 0.15) is 0 Å². The van der Waals surface area contributed by atoms with Gasteiger partial charge < -0.3 is 11.5 Å². The van der Waals surface area contributed by atoms with Crippen molar-refractivity contribution in [3.05, 3.63) is 35.9 Å². The van der Waals surface area contributed by atoms with Crippen LogP contribution in [0.2, 0.25) is 0 Å². The van der Waals surface area contributed by atoms with Gasteiger partial charge in [0, 0.05) is 0 Å². The van der Waals surface area contributed by atoms with E-state index in [-0.39, 0.29) is 0 Å². The predicted molar refractivity (Wildman–Crippen MR) is 65.6 cm³/mol. The van der Waals surface area contributed by atoms with Gasteiger partial charge in [0.25, 0.3) is 0 Å². The van der Waals surface area contributed by atoms with Gasteiger partial charge in [0.2, 0.25) is 0 Å². The molecule has 0 heterocycles. The second-order valence-electron chi connectivity index (χ2n) is 4.29. The van der Waals surface area contributed by atoms with Crippen molar-refractivity contribution in [2.75, 3.05) is 13.1 Å². The van der Waals surface area contributed by atoms with Gasteiger partial charge in [-0.3, -0.25) is 0 Å². The summed E-state index contributed by atoms with van der Waals surface area (Å²) < 4.78 is 0. The zero-order valence-electron chi connectivity index (χ0n) is 9.69. The molecule has 1 aromatic carbocycles. The van der Waals surface area contributed by atoms with Gasteiger partial charge in [0.05, 0.1) is 0 Å². The minimum absolute atomic E-state index is 0.417. The Kier molecular flexibility index (Phi) is 4.79. The molecule has 0 fully saturated rings. The van der Waals surface area contributed by atoms with Crippen LogP contribution in [0.25, 0.3) is 0 Å². The van der Waals surface area contributed by atoms with Crippen molar-refractivity contribution in [2.45, 2.75) is 19.8 Å². The Morgan fingerprint density at radius 1 is 1.00 bits per heavy atom. The predicted octanol–water partition coefficient (Wildman–Crippen LogP) is 1.96. The summed E-state index contributed by atoms with van der Waals surface area (Å²) >= 11 is 0. The zero-order chi connectivity index (χ0) is 11.3. The van der Waals surface area contributed by atoms with Gasteiger partial charge in [-0.1, -0.05) is 44.2 Å². The van der Waals surface area contributed by atoms with Crippen molar-refractivity contribution in [1.29, 1.82) is 0 Å². The third-order valence-electron chi connectivity index (χ3n) is 3.46. The maximum atomic E-state index is 5.72. The molecular weight excluding hydrogens is 184 g/mol. The van der Waals surface area contributed by atoms with Crippen LogP contribution in [-0.4, -0.2) is 13.1 Å². The minimum atomic E-state index is 0.417. The Bertz CT molecular complexity index is 267. The Hall–Kier alpha value is -0.860. The number of hydrogen-bond acceptors (Lipinski definition) is 2. The van der Waals surface area contributed by atoms with Gasteiger partial charge in [-0.2, -0.15) is 0 Å². The molecule has 0 aliphatic heterocycles. The lowest BCUT2D eigenvalue weighted by Gasteiger charge is -2.27. The molecule has 1 aromatic rings. The van der Waals surface area contributed by atoms with E-state index in [9.17, 15) is 0 Å². The number of hydrogen-bond donors (Lipinski definition) is 2. The van der Waals surface area contributed by atoms with E-state index >= 15 is 0 Å². The molecule has 0 saturated heterocycles. The Labute approximate surface area is 92.7 Å². The lowest BCUT2D eigenvalue weighted by Crippen LogP contribution is -2.31. The fourth-order valence-corrected chi connectivity index (χ4v) is 1.99. The summed E-state index contributed by atoms with van der Waals surface area (Å²) in [6.07, 6.45) is 0. The summed E-state index contributed by atoms with van der Waals surface area (Å²) in [5.41, 5.74) is 12.8. The summed E-state index contributed by atoms with van der Waals surface area (Å²) in [4.78, 5) is 0. The number of nitrogens with two attached hydrogens (primary N) is 2. The second kappa shape index (κ2) is 5.89. The molecular formula is C13H22N2. The van der Waals surface area contributed by atoms with Gasteiger partial charge in [-0.25, -0.2) is 0 Å². The van der Waals surface area contributed by atoms with Gasteiger partial charge in [-0.05, 0) is 36.4 Å². The molecule has 0 saturated carbocycles. The molecule has 0 aliphatic rings. The van der Waals surface area contributed by atoms with Crippen LogP contribution < -0.4 is 11.5 Å². The molecule has 2 nitrogen and oxygen atoms in total. The largest absolute Gasteiger partial charge is 0.330 e. The molecule has 2 atom stereocenters. The Morgan fingerprint density at radius 3 is 2.00 bits per heavy atom. The van der Waals surface area contributed by atoms with Crippen molar-refractivity contribution in [3.63, 3.8) is 0 Å². The van der Waals surface area contributed by atoms with Crippen LogP contribution in [0.3, 0.4) is 0 Å². The van der Waals surface area contributed by atoms with Crippen LogP contribution in [0, 0.1) is 11.8 Å². The van der Waals surface area contributed by atoms with Crippen molar-refractivity contribution < 1.29 is 0 Å². The van der Waals surface area contributed by atoms with E-state index in [0.29, 0.717) is 30.8 Å². The first-order valence-electron chi connectivity index (χ1n) is 5.65. The molecule has 0 aliphatic carbocycles. The average molecular weight is 206 g/mol. The van der Waals surface area contributed by atoms with Crippen LogP contribution in [-0.2, 0) is 0 Å². The molecule has 15 heavy (non-hydrogen) atoms. The summed E-state index contributed by atoms with van der Waals surface area (Å²) in [5, 5.41) is 0. The van der Waals surface area contributed by atoms with Crippen molar-refractivity contribution in [1.82, 2.24) is 0 Å². The smallest absolute Gasteiger partial charge is 0.00340 e. The van der Waals surface area contributed by atoms with Crippen molar-refractivity contribution in [3.8, 4) is 0 Å². The van der Waals surface area contributed by atoms with Crippen molar-refractivity contribution >= 4 is 0 Å². The highest BCUT2D eigenvalue weighted by atomic mass is 14.6. The Balaban J connectivity index is 2.71. The van der Waals surface area contributed by atoms with Crippen LogP contribution >= 0.6 is 0 Å². The monoisotopic (exact) mass is 206 g/mol. The molecule has 2 heteroatoms. The van der Waals surface area contributed by atoms with Gasteiger partial charge in [0.15, 0.2) is 0 Å². The zero-order valence-corrected chi connectivity index (χ0v) is 9.69. The first kappa shape index (κ1) is 12.2. The van der Waals surface area contributed by atoms with Crippen LogP contribution in [0.4, 0.5) is 0 Å². The lowest BCUT2D eigenvalue weighted by molar-refractivity contribution is 0.328. The molecule has 2 unspecified atom stereocenters. The topological polar surface area (TPSA) is 52.0 Å². The average Bonchev–Trinajstić information content (AvgIpc) is 2.30. The quantitative estimate of drug-likeness (QED) is 0.773. The molecule has 0 radical (unpaired) electrons. The molecule has 0 aromatic heterocycles. The third kappa shape index (κ3) is 3.05. The maximum absolute atomic E-state index is 5.72. The first-order valence-corrected chi connectivity index (χ1v) is 5.65. The molecule has 4 N–H and O–H groups in total. The SMILES string of the molecule is CC(c1ccccc1)C(C)C(CN)CN. The first-order chi connectivity index (χ1) is 7.20. The fraction of sp³-hybridized carbons (Fsp3) is 0.538. The van der Waals surface area contributed by atoms with Crippen LogP contribution in [0.1, 0.15) is 25.3 Å².